The van der Waals surface area contributed by atoms with E-state index in [4.69, 9.17) is 21.7 Å². The topological polar surface area (TPSA) is 210 Å². The SMILES string of the molecule is CO.CO.COP(=O)([O-])OCCCCCCN.COP(=O)([O-])OCCCCCCN. The molecule has 2 atom stereocenters. The van der Waals surface area contributed by atoms with Gasteiger partial charge in [-0.25, -0.2) is 0 Å². The zero-order valence-corrected chi connectivity index (χ0v) is 20.5. The lowest BCUT2D eigenvalue weighted by Gasteiger charge is -2.19. The van der Waals surface area contributed by atoms with Crippen LogP contribution in [0.25, 0.3) is 0 Å². The molecular weight excluding hydrogens is 442 g/mol. The second-order valence-electron chi connectivity index (χ2n) is 5.33. The third kappa shape index (κ3) is 35.5. The molecule has 0 bridgehead atoms. The molecule has 0 heterocycles. The maximum atomic E-state index is 10.7. The lowest BCUT2D eigenvalue weighted by Crippen LogP contribution is -2.07. The van der Waals surface area contributed by atoms with E-state index in [0.29, 0.717) is 13.1 Å². The van der Waals surface area contributed by atoms with Gasteiger partial charge in [-0.1, -0.05) is 25.7 Å². The average molecular weight is 484 g/mol. The van der Waals surface area contributed by atoms with Gasteiger partial charge in [0.2, 0.25) is 0 Å². The number of rotatable bonds is 16. The zero-order chi connectivity index (χ0) is 24.3. The minimum atomic E-state index is -4.00. The summed E-state index contributed by atoms with van der Waals surface area (Å²) >= 11 is 0. The number of phosphoric acid groups is 2. The molecule has 0 radical (unpaired) electrons. The Labute approximate surface area is 181 Å². The van der Waals surface area contributed by atoms with Gasteiger partial charge in [-0.3, -0.25) is 9.13 Å². The van der Waals surface area contributed by atoms with Gasteiger partial charge in [-0.05, 0) is 38.8 Å². The Kier molecular flexibility index (Phi) is 36.2. The molecule has 0 fully saturated rings. The van der Waals surface area contributed by atoms with Crippen LogP contribution in [0.15, 0.2) is 0 Å². The van der Waals surface area contributed by atoms with Crippen molar-refractivity contribution in [2.24, 2.45) is 11.5 Å². The Morgan fingerprint density at radius 1 is 0.633 bits per heavy atom. The Morgan fingerprint density at radius 2 is 0.900 bits per heavy atom. The van der Waals surface area contributed by atoms with Crippen molar-refractivity contribution in [2.75, 3.05) is 54.7 Å². The summed E-state index contributed by atoms with van der Waals surface area (Å²) in [6.45, 7) is 1.75. The number of aliphatic hydroxyl groups is 2. The molecule has 0 spiro atoms. The van der Waals surface area contributed by atoms with Crippen LogP contribution in [-0.2, 0) is 27.2 Å². The number of phosphoric ester groups is 2. The molecule has 6 N–H and O–H groups in total. The molecule has 30 heavy (non-hydrogen) atoms. The van der Waals surface area contributed by atoms with Crippen molar-refractivity contribution < 1.29 is 47.2 Å². The maximum absolute atomic E-state index is 10.7. The van der Waals surface area contributed by atoms with Gasteiger partial charge in [0.15, 0.2) is 0 Å². The predicted molar refractivity (Wildman–Crippen MR) is 112 cm³/mol. The van der Waals surface area contributed by atoms with Gasteiger partial charge in [0.25, 0.3) is 15.6 Å². The van der Waals surface area contributed by atoms with Crippen LogP contribution in [0, 0.1) is 0 Å². The van der Waals surface area contributed by atoms with Gasteiger partial charge < -0.3 is 49.6 Å². The molecule has 0 aliphatic heterocycles. The van der Waals surface area contributed by atoms with E-state index in [0.717, 1.165) is 79.8 Å². The molecule has 188 valence electrons. The first-order chi connectivity index (χ1) is 14.2. The smallest absolute Gasteiger partial charge is 0.267 e. The van der Waals surface area contributed by atoms with Crippen LogP contribution in [0.1, 0.15) is 51.4 Å². The van der Waals surface area contributed by atoms with E-state index in [-0.39, 0.29) is 13.2 Å². The lowest BCUT2D eigenvalue weighted by molar-refractivity contribution is -0.224. The van der Waals surface area contributed by atoms with Crippen molar-refractivity contribution >= 4 is 15.6 Å². The summed E-state index contributed by atoms with van der Waals surface area (Å²) in [6, 6.07) is 0. The van der Waals surface area contributed by atoms with Crippen molar-refractivity contribution in [3.8, 4) is 0 Å². The van der Waals surface area contributed by atoms with Gasteiger partial charge in [-0.2, -0.15) is 0 Å². The van der Waals surface area contributed by atoms with Crippen molar-refractivity contribution in [1.29, 1.82) is 0 Å². The van der Waals surface area contributed by atoms with E-state index in [2.05, 4.69) is 18.1 Å². The fourth-order valence-electron chi connectivity index (χ4n) is 1.66. The molecular formula is C16H42N2O10P2-2. The number of hydrogen-bond acceptors (Lipinski definition) is 12. The average Bonchev–Trinajstić information content (AvgIpc) is 2.76. The van der Waals surface area contributed by atoms with Gasteiger partial charge >= 0.3 is 0 Å². The van der Waals surface area contributed by atoms with Crippen LogP contribution in [0.2, 0.25) is 0 Å². The first-order valence-corrected chi connectivity index (χ1v) is 12.5. The van der Waals surface area contributed by atoms with Crippen LogP contribution in [0.3, 0.4) is 0 Å². The van der Waals surface area contributed by atoms with Crippen molar-refractivity contribution in [2.45, 2.75) is 51.4 Å². The van der Waals surface area contributed by atoms with Crippen LogP contribution in [0.4, 0.5) is 0 Å². The van der Waals surface area contributed by atoms with Crippen molar-refractivity contribution in [3.05, 3.63) is 0 Å². The van der Waals surface area contributed by atoms with E-state index in [1.54, 1.807) is 0 Å². The van der Waals surface area contributed by atoms with E-state index < -0.39 is 15.6 Å². The molecule has 0 aliphatic rings. The van der Waals surface area contributed by atoms with Crippen LogP contribution < -0.4 is 21.3 Å². The van der Waals surface area contributed by atoms with Gasteiger partial charge in [0.1, 0.15) is 0 Å². The molecule has 0 amide bonds. The third-order valence-corrected chi connectivity index (χ3v) is 5.03. The molecule has 0 saturated heterocycles. The summed E-state index contributed by atoms with van der Waals surface area (Å²) in [4.78, 5) is 21.3. The number of aliphatic hydroxyl groups excluding tert-OH is 2. The van der Waals surface area contributed by atoms with Gasteiger partial charge in [0, 0.05) is 28.4 Å². The summed E-state index contributed by atoms with van der Waals surface area (Å²) in [6.07, 6.45) is 7.26. The highest BCUT2D eigenvalue weighted by molar-refractivity contribution is 7.46. The molecule has 0 aliphatic carbocycles. The maximum Gasteiger partial charge on any atom is 0.267 e. The lowest BCUT2D eigenvalue weighted by atomic mass is 10.2. The largest absolute Gasteiger partial charge is 0.756 e. The second-order valence-corrected chi connectivity index (χ2v) is 8.37. The standard InChI is InChI=1S/2C7H18NO4P.2CH4O/c2*1-11-13(9,10)12-7-5-3-2-4-6-8;2*1-2/h2*2-8H2,1H3,(H,9,10);2*2H,1H3/p-2. The van der Waals surface area contributed by atoms with E-state index >= 15 is 0 Å². The summed E-state index contributed by atoms with van der Waals surface area (Å²) < 4.78 is 38.6. The summed E-state index contributed by atoms with van der Waals surface area (Å²) in [7, 11) is -3.84. The molecule has 0 aromatic carbocycles. The Bertz CT molecular complexity index is 370. The van der Waals surface area contributed by atoms with Gasteiger partial charge in [0.05, 0.1) is 13.2 Å². The minimum absolute atomic E-state index is 0.194. The van der Waals surface area contributed by atoms with Crippen LogP contribution in [0.5, 0.6) is 0 Å². The van der Waals surface area contributed by atoms with Crippen LogP contribution in [-0.4, -0.2) is 65.0 Å². The first-order valence-electron chi connectivity index (χ1n) is 9.57. The molecule has 2 unspecified atom stereocenters. The molecule has 12 nitrogen and oxygen atoms in total. The number of unbranched alkanes of at least 4 members (excludes halogenated alkanes) is 6. The highest BCUT2D eigenvalue weighted by Gasteiger charge is 2.05. The quantitative estimate of drug-likeness (QED) is 0.174. The van der Waals surface area contributed by atoms with Gasteiger partial charge in [-0.15, -0.1) is 0 Å². The number of hydrogen-bond donors (Lipinski definition) is 4. The Hall–Kier alpha value is 0.0600. The Balaban J connectivity index is -0.000000193. The van der Waals surface area contributed by atoms with Crippen LogP contribution >= 0.6 is 15.6 Å². The fraction of sp³-hybridized carbons (Fsp3) is 1.00. The zero-order valence-electron chi connectivity index (χ0n) is 18.7. The highest BCUT2D eigenvalue weighted by atomic mass is 31.2. The second kappa shape index (κ2) is 29.1. The monoisotopic (exact) mass is 484 g/mol. The minimum Gasteiger partial charge on any atom is -0.756 e. The fourth-order valence-corrected chi connectivity index (χ4v) is 2.57. The van der Waals surface area contributed by atoms with E-state index in [1.165, 1.54) is 0 Å². The molecule has 0 aromatic heterocycles. The molecule has 14 heteroatoms. The first kappa shape index (κ1) is 37.4. The Morgan fingerprint density at radius 3 is 1.13 bits per heavy atom. The van der Waals surface area contributed by atoms with E-state index in [1.807, 2.05) is 0 Å². The summed E-state index contributed by atoms with van der Waals surface area (Å²) in [5.41, 5.74) is 10.6. The van der Waals surface area contributed by atoms with Crippen molar-refractivity contribution in [1.82, 2.24) is 0 Å². The predicted octanol–water partition coefficient (Wildman–Crippen LogP) is 0.491. The van der Waals surface area contributed by atoms with Crippen molar-refractivity contribution in [3.63, 3.8) is 0 Å². The van der Waals surface area contributed by atoms with E-state index in [9.17, 15) is 18.9 Å². The normalized spacial score (nSPS) is 13.9. The molecule has 0 aromatic rings. The third-order valence-electron chi connectivity index (χ3n) is 3.14. The summed E-state index contributed by atoms with van der Waals surface area (Å²) in [5.74, 6) is 0. The highest BCUT2D eigenvalue weighted by Crippen LogP contribution is 2.37. The summed E-state index contributed by atoms with van der Waals surface area (Å²) in [5, 5.41) is 14.0. The number of nitrogens with two attached hydrogens (primary N) is 2. The molecule has 0 saturated carbocycles. The molecule has 0 rings (SSSR count).